The molecule has 0 aliphatic carbocycles. The molecule has 2 rings (SSSR count). The summed E-state index contributed by atoms with van der Waals surface area (Å²) in [6, 6.07) is 9.66. The van der Waals surface area contributed by atoms with E-state index in [1.54, 1.807) is 43.8 Å². The third kappa shape index (κ3) is 6.66. The molecule has 1 amide bonds. The Bertz CT molecular complexity index is 872. The van der Waals surface area contributed by atoms with Crippen molar-refractivity contribution in [3.63, 3.8) is 0 Å². The van der Waals surface area contributed by atoms with Gasteiger partial charge in [0, 0.05) is 17.1 Å². The first-order valence-electron chi connectivity index (χ1n) is 9.15. The molecule has 0 radical (unpaired) electrons. The zero-order valence-electron chi connectivity index (χ0n) is 16.7. The van der Waals surface area contributed by atoms with Crippen LogP contribution in [-0.4, -0.2) is 38.7 Å². The predicted molar refractivity (Wildman–Crippen MR) is 108 cm³/mol. The van der Waals surface area contributed by atoms with Crippen LogP contribution in [0, 0.1) is 6.92 Å². The van der Waals surface area contributed by atoms with E-state index in [9.17, 15) is 14.7 Å². The number of aliphatic carboxylic acids is 1. The minimum Gasteiger partial charge on any atom is -0.544 e. The Morgan fingerprint density at radius 2 is 1.86 bits per heavy atom. The van der Waals surface area contributed by atoms with Crippen molar-refractivity contribution < 1.29 is 29.5 Å². The summed E-state index contributed by atoms with van der Waals surface area (Å²) in [4.78, 5) is 23.6. The number of halogens is 1. The van der Waals surface area contributed by atoms with Crippen LogP contribution < -0.4 is 25.2 Å². The zero-order valence-corrected chi connectivity index (χ0v) is 17.4. The molecule has 8 heteroatoms. The maximum atomic E-state index is 12.2. The Hall–Kier alpha value is -2.77. The fourth-order valence-corrected chi connectivity index (χ4v) is 3.01. The SMILES string of the molecule is COc1ccc(CC[NH2+][C@@H](CC(=O)Nc2ccc(C)c(Cl)c2)C(=O)[O-])cc1OC. The van der Waals surface area contributed by atoms with E-state index in [2.05, 4.69) is 5.32 Å². The van der Waals surface area contributed by atoms with E-state index in [1.807, 2.05) is 19.1 Å². The van der Waals surface area contributed by atoms with Gasteiger partial charge >= 0.3 is 0 Å². The molecule has 0 saturated carbocycles. The van der Waals surface area contributed by atoms with Crippen molar-refractivity contribution in [3.8, 4) is 11.5 Å². The maximum absolute atomic E-state index is 12.2. The van der Waals surface area contributed by atoms with Gasteiger partial charge in [0.05, 0.1) is 33.2 Å². The van der Waals surface area contributed by atoms with Crippen LogP contribution in [-0.2, 0) is 16.0 Å². The van der Waals surface area contributed by atoms with Crippen LogP contribution in [0.2, 0.25) is 5.02 Å². The molecule has 0 saturated heterocycles. The highest BCUT2D eigenvalue weighted by atomic mass is 35.5. The first-order valence-corrected chi connectivity index (χ1v) is 9.53. The monoisotopic (exact) mass is 420 g/mol. The van der Waals surface area contributed by atoms with Crippen LogP contribution in [0.1, 0.15) is 17.5 Å². The molecule has 0 bridgehead atoms. The van der Waals surface area contributed by atoms with Gasteiger partial charge < -0.3 is 30.0 Å². The second-order valence-corrected chi connectivity index (χ2v) is 7.01. The molecule has 0 spiro atoms. The van der Waals surface area contributed by atoms with Crippen molar-refractivity contribution in [1.82, 2.24) is 0 Å². The van der Waals surface area contributed by atoms with Gasteiger partial charge in [-0.3, -0.25) is 4.79 Å². The van der Waals surface area contributed by atoms with Gasteiger partial charge in [-0.2, -0.15) is 0 Å². The summed E-state index contributed by atoms with van der Waals surface area (Å²) in [5.74, 6) is -0.464. The fraction of sp³-hybridized carbons (Fsp3) is 0.333. The van der Waals surface area contributed by atoms with E-state index in [0.29, 0.717) is 35.2 Å². The Kier molecular flexibility index (Phi) is 8.30. The number of carboxylic acid groups (broad SMARTS) is 1. The number of anilines is 1. The number of carboxylic acids is 1. The lowest BCUT2D eigenvalue weighted by molar-refractivity contribution is -0.682. The van der Waals surface area contributed by atoms with E-state index >= 15 is 0 Å². The van der Waals surface area contributed by atoms with Crippen molar-refractivity contribution in [2.45, 2.75) is 25.8 Å². The molecule has 2 aromatic rings. The molecule has 0 aliphatic rings. The van der Waals surface area contributed by atoms with Crippen LogP contribution in [0.3, 0.4) is 0 Å². The number of hydrogen-bond donors (Lipinski definition) is 2. The Balaban J connectivity index is 1.90. The molecule has 7 nitrogen and oxygen atoms in total. The number of carbonyl (C=O) groups is 2. The number of hydrogen-bond acceptors (Lipinski definition) is 5. The number of rotatable bonds is 10. The molecule has 1 atom stereocenters. The highest BCUT2D eigenvalue weighted by Crippen LogP contribution is 2.27. The summed E-state index contributed by atoms with van der Waals surface area (Å²) in [5, 5.41) is 16.2. The summed E-state index contributed by atoms with van der Waals surface area (Å²) < 4.78 is 10.5. The number of nitrogens with one attached hydrogen (secondary N) is 1. The number of nitrogens with two attached hydrogens (primary N) is 1. The lowest BCUT2D eigenvalue weighted by Crippen LogP contribution is -2.93. The molecule has 156 valence electrons. The fourth-order valence-electron chi connectivity index (χ4n) is 2.83. The predicted octanol–water partition coefficient (Wildman–Crippen LogP) is 0.919. The van der Waals surface area contributed by atoms with E-state index in [4.69, 9.17) is 21.1 Å². The van der Waals surface area contributed by atoms with Gasteiger partial charge in [0.25, 0.3) is 0 Å². The lowest BCUT2D eigenvalue weighted by atomic mass is 10.1. The van der Waals surface area contributed by atoms with Gasteiger partial charge in [-0.25, -0.2) is 0 Å². The molecule has 0 heterocycles. The van der Waals surface area contributed by atoms with Gasteiger partial charge in [0.15, 0.2) is 11.5 Å². The molecular weight excluding hydrogens is 396 g/mol. The zero-order chi connectivity index (χ0) is 21.4. The van der Waals surface area contributed by atoms with Gasteiger partial charge in [0.2, 0.25) is 5.91 Å². The average molecular weight is 421 g/mol. The lowest BCUT2D eigenvalue weighted by Gasteiger charge is -2.17. The van der Waals surface area contributed by atoms with Gasteiger partial charge in [-0.1, -0.05) is 23.7 Å². The van der Waals surface area contributed by atoms with E-state index in [1.165, 1.54) is 0 Å². The van der Waals surface area contributed by atoms with Crippen molar-refractivity contribution >= 4 is 29.2 Å². The van der Waals surface area contributed by atoms with Crippen LogP contribution >= 0.6 is 11.6 Å². The molecule has 0 aromatic heterocycles. The van der Waals surface area contributed by atoms with Crippen molar-refractivity contribution in [3.05, 3.63) is 52.5 Å². The molecule has 3 N–H and O–H groups in total. The molecular formula is C21H25ClN2O5. The number of methoxy groups -OCH3 is 2. The smallest absolute Gasteiger partial charge is 0.230 e. The highest BCUT2D eigenvalue weighted by Gasteiger charge is 2.18. The van der Waals surface area contributed by atoms with Crippen molar-refractivity contribution in [2.75, 3.05) is 26.1 Å². The second-order valence-electron chi connectivity index (χ2n) is 6.61. The summed E-state index contributed by atoms with van der Waals surface area (Å²) in [6.45, 7) is 2.32. The summed E-state index contributed by atoms with van der Waals surface area (Å²) in [6.07, 6.45) is 0.388. The van der Waals surface area contributed by atoms with E-state index in [0.717, 1.165) is 11.1 Å². The van der Waals surface area contributed by atoms with Gasteiger partial charge in [0.1, 0.15) is 6.04 Å². The third-order valence-corrected chi connectivity index (χ3v) is 4.90. The minimum absolute atomic E-state index is 0.209. The van der Waals surface area contributed by atoms with E-state index in [-0.39, 0.29) is 6.42 Å². The van der Waals surface area contributed by atoms with Gasteiger partial charge in [-0.15, -0.1) is 0 Å². The average Bonchev–Trinajstić information content (AvgIpc) is 2.69. The summed E-state index contributed by atoms with van der Waals surface area (Å²) >= 11 is 6.04. The number of aryl methyl sites for hydroxylation is 1. The van der Waals surface area contributed by atoms with Crippen molar-refractivity contribution in [2.24, 2.45) is 0 Å². The van der Waals surface area contributed by atoms with Crippen LogP contribution in [0.25, 0.3) is 0 Å². The van der Waals surface area contributed by atoms with E-state index < -0.39 is 17.9 Å². The molecule has 0 fully saturated rings. The van der Waals surface area contributed by atoms with Crippen LogP contribution in [0.4, 0.5) is 5.69 Å². The molecule has 0 aliphatic heterocycles. The first kappa shape index (κ1) is 22.5. The normalized spacial score (nSPS) is 11.6. The number of amides is 1. The Morgan fingerprint density at radius 3 is 2.48 bits per heavy atom. The summed E-state index contributed by atoms with van der Waals surface area (Å²) in [5.41, 5.74) is 2.38. The highest BCUT2D eigenvalue weighted by molar-refractivity contribution is 6.31. The number of ether oxygens (including phenoxy) is 2. The standard InChI is InChI=1S/C21H25ClN2O5/c1-13-4-6-15(11-16(13)22)24-20(25)12-17(21(26)27)23-9-8-14-5-7-18(28-2)19(10-14)29-3/h4-7,10-11,17,23H,8-9,12H2,1-3H3,(H,24,25)(H,26,27)/t17-/m0/s1. The van der Waals surface area contributed by atoms with Crippen molar-refractivity contribution in [1.29, 1.82) is 0 Å². The molecule has 29 heavy (non-hydrogen) atoms. The number of quaternary nitrogens is 1. The third-order valence-electron chi connectivity index (χ3n) is 4.50. The van der Waals surface area contributed by atoms with Crippen LogP contribution in [0.15, 0.2) is 36.4 Å². The topological polar surface area (TPSA) is 104 Å². The Labute approximate surface area is 175 Å². The van der Waals surface area contributed by atoms with Crippen LogP contribution in [0.5, 0.6) is 11.5 Å². The minimum atomic E-state index is -1.28. The second kappa shape index (κ2) is 10.7. The largest absolute Gasteiger partial charge is 0.544 e. The summed E-state index contributed by atoms with van der Waals surface area (Å²) in [7, 11) is 3.12. The maximum Gasteiger partial charge on any atom is 0.230 e. The molecule has 2 aromatic carbocycles. The molecule has 0 unspecified atom stereocenters. The first-order chi connectivity index (χ1) is 13.8. The Morgan fingerprint density at radius 1 is 1.14 bits per heavy atom. The number of benzene rings is 2. The van der Waals surface area contributed by atoms with Gasteiger partial charge in [-0.05, 0) is 42.3 Å². The quantitative estimate of drug-likeness (QED) is 0.594. The number of carbonyl (C=O) groups excluding carboxylic acids is 2.